The van der Waals surface area contributed by atoms with Gasteiger partial charge >= 0.3 is 17.1 Å². The van der Waals surface area contributed by atoms with Crippen molar-refractivity contribution in [3.8, 4) is 0 Å². The molecule has 5 rings (SSSR count). The molecule has 277 valence electrons. The van der Waals surface area contributed by atoms with Gasteiger partial charge in [-0.15, -0.1) is 0 Å². The Hall–Kier alpha value is -3.92. The molecule has 0 bridgehead atoms. The maximum Gasteiger partial charge on any atom is 2.00 e. The molecule has 4 aromatic rings. The van der Waals surface area contributed by atoms with Gasteiger partial charge in [-0.1, -0.05) is 78.9 Å². The first-order valence-electron chi connectivity index (χ1n) is 17.3. The van der Waals surface area contributed by atoms with Crippen LogP contribution in [-0.2, 0) is 44.2 Å². The van der Waals surface area contributed by atoms with Crippen molar-refractivity contribution in [3.05, 3.63) is 126 Å². The van der Waals surface area contributed by atoms with Crippen molar-refractivity contribution in [3.63, 3.8) is 0 Å². The maximum atomic E-state index is 11.6. The van der Waals surface area contributed by atoms with Gasteiger partial charge in [0.25, 0.3) is 0 Å². The summed E-state index contributed by atoms with van der Waals surface area (Å²) in [6, 6.07) is 41.0. The van der Waals surface area contributed by atoms with Crippen LogP contribution in [0.2, 0.25) is 0 Å². The molecule has 0 aliphatic carbocycles. The van der Waals surface area contributed by atoms with Gasteiger partial charge in [-0.05, 0) is 47.5 Å². The fourth-order valence-electron chi connectivity index (χ4n) is 6.81. The minimum atomic E-state index is -2.07. The monoisotopic (exact) mass is 772 g/mol. The summed E-state index contributed by atoms with van der Waals surface area (Å²) in [6.45, 7) is 2.84. The molecule has 0 atom stereocenters. The maximum absolute atomic E-state index is 11.6. The first-order valence-corrected chi connectivity index (χ1v) is 19.3. The molecule has 1 radical (unpaired) electrons. The normalized spacial score (nSPS) is 15.8. The summed E-state index contributed by atoms with van der Waals surface area (Å²) in [5, 5.41) is 38.5. The zero-order chi connectivity index (χ0) is 36.1. The minimum absolute atomic E-state index is 0. The quantitative estimate of drug-likeness (QED) is 0.125. The molecular weight excluding hydrogens is 727 g/mol. The van der Waals surface area contributed by atoms with Crippen molar-refractivity contribution in [1.29, 1.82) is 0 Å². The molecule has 0 amide bonds. The molecule has 0 aromatic heterocycles. The van der Waals surface area contributed by atoms with Crippen LogP contribution in [0.5, 0.6) is 0 Å². The van der Waals surface area contributed by atoms with Gasteiger partial charge in [0.05, 0.1) is 24.1 Å². The number of aliphatic carboxylic acids is 3. The van der Waals surface area contributed by atoms with Gasteiger partial charge in [0.2, 0.25) is 0 Å². The fraction of sp³-hybridized carbons (Fsp3) is 0.325. The van der Waals surface area contributed by atoms with E-state index in [4.69, 9.17) is 0 Å². The van der Waals surface area contributed by atoms with E-state index in [1.54, 1.807) is 14.7 Å². The molecular formula is C40H45CuN4O6P. The van der Waals surface area contributed by atoms with Gasteiger partial charge in [0, 0.05) is 78.5 Å². The molecule has 4 aromatic carbocycles. The van der Waals surface area contributed by atoms with E-state index in [0.717, 1.165) is 11.7 Å². The Morgan fingerprint density at radius 1 is 0.442 bits per heavy atom. The van der Waals surface area contributed by atoms with E-state index in [9.17, 15) is 29.7 Å². The molecule has 1 aliphatic heterocycles. The number of carboxylic acids is 3. The van der Waals surface area contributed by atoms with Crippen LogP contribution in [0.4, 0.5) is 0 Å². The van der Waals surface area contributed by atoms with E-state index in [0.29, 0.717) is 58.9 Å². The van der Waals surface area contributed by atoms with Gasteiger partial charge in [-0.2, -0.15) is 0 Å². The van der Waals surface area contributed by atoms with Crippen molar-refractivity contribution in [2.45, 2.75) is 12.7 Å². The average Bonchev–Trinajstić information content (AvgIpc) is 3.13. The molecule has 0 unspecified atom stereocenters. The van der Waals surface area contributed by atoms with Crippen LogP contribution in [0.25, 0.3) is 0 Å². The van der Waals surface area contributed by atoms with E-state index < -0.39 is 25.2 Å². The van der Waals surface area contributed by atoms with E-state index in [-0.39, 0.29) is 36.7 Å². The van der Waals surface area contributed by atoms with Crippen molar-refractivity contribution in [2.24, 2.45) is 0 Å². The second kappa shape index (κ2) is 20.4. The number of benzene rings is 4. The first-order chi connectivity index (χ1) is 24.7. The van der Waals surface area contributed by atoms with Crippen LogP contribution in [0.15, 0.2) is 115 Å². The Kier molecular flexibility index (Phi) is 16.0. The van der Waals surface area contributed by atoms with E-state index in [1.165, 1.54) is 21.5 Å². The molecule has 0 saturated carbocycles. The summed E-state index contributed by atoms with van der Waals surface area (Å²) in [6.07, 6.45) is 0.848. The number of carbonyl (C=O) groups excluding carboxylic acids is 3. The summed E-state index contributed by atoms with van der Waals surface area (Å²) in [7, 11) is -2.07. The van der Waals surface area contributed by atoms with E-state index in [2.05, 4.69) is 120 Å². The molecule has 1 fully saturated rings. The van der Waals surface area contributed by atoms with Crippen LogP contribution >= 0.6 is 7.26 Å². The summed E-state index contributed by atoms with van der Waals surface area (Å²) >= 11 is 0. The zero-order valence-electron chi connectivity index (χ0n) is 29.1. The number of hydrogen-bond donors (Lipinski definition) is 0. The van der Waals surface area contributed by atoms with Gasteiger partial charge in [-0.3, -0.25) is 19.6 Å². The number of nitrogens with zero attached hydrogens (tertiary/aromatic N) is 4. The predicted molar refractivity (Wildman–Crippen MR) is 195 cm³/mol. The molecule has 1 heterocycles. The summed E-state index contributed by atoms with van der Waals surface area (Å²) < 4.78 is 0. The fourth-order valence-corrected chi connectivity index (χ4v) is 11.1. The molecule has 1 aliphatic rings. The first kappa shape index (κ1) is 40.8. The molecule has 12 heteroatoms. The Labute approximate surface area is 317 Å². The summed E-state index contributed by atoms with van der Waals surface area (Å²) in [5.41, 5.74) is 2.31. The average molecular weight is 773 g/mol. The van der Waals surface area contributed by atoms with Crippen molar-refractivity contribution in [1.82, 2.24) is 19.6 Å². The Balaban J connectivity index is 0.00000605. The predicted octanol–water partition coefficient (Wildman–Crippen LogP) is -0.850. The van der Waals surface area contributed by atoms with E-state index >= 15 is 0 Å². The van der Waals surface area contributed by atoms with Crippen molar-refractivity contribution >= 4 is 41.1 Å². The number of rotatable bonds is 13. The number of hydrogen-bond acceptors (Lipinski definition) is 10. The third kappa shape index (κ3) is 11.8. The van der Waals surface area contributed by atoms with Crippen molar-refractivity contribution in [2.75, 3.05) is 72.0 Å². The molecule has 0 spiro atoms. The third-order valence-electron chi connectivity index (χ3n) is 9.43. The van der Waals surface area contributed by atoms with Gasteiger partial charge < -0.3 is 29.7 Å². The van der Waals surface area contributed by atoms with Crippen LogP contribution in [0, 0.1) is 0 Å². The summed E-state index contributed by atoms with van der Waals surface area (Å²) in [4.78, 5) is 41.9. The van der Waals surface area contributed by atoms with Crippen LogP contribution < -0.4 is 31.2 Å². The van der Waals surface area contributed by atoms with Crippen LogP contribution in [0.3, 0.4) is 0 Å². The summed E-state index contributed by atoms with van der Waals surface area (Å²) in [5.74, 6) is -3.64. The topological polar surface area (TPSA) is 133 Å². The Morgan fingerprint density at radius 2 is 0.731 bits per heavy atom. The number of carbonyl (C=O) groups is 3. The van der Waals surface area contributed by atoms with Crippen LogP contribution in [-0.4, -0.2) is 109 Å². The van der Waals surface area contributed by atoms with Gasteiger partial charge in [-0.25, -0.2) is 0 Å². The second-order valence-corrected chi connectivity index (χ2v) is 16.5. The van der Waals surface area contributed by atoms with Gasteiger partial charge in [0.1, 0.15) is 23.2 Å². The van der Waals surface area contributed by atoms with E-state index in [1.807, 2.05) is 0 Å². The largest absolute Gasteiger partial charge is 2.00 e. The SMILES string of the molecule is O=C([O-])CN1CCN(CC(=O)[O-])CCN(Cc2ccc(C[P+](c3ccccc3)(c3ccccc3)c3ccccc3)cc2)CCN(CC(=O)[O-])CC1.[64Cu+2]. The van der Waals surface area contributed by atoms with Crippen molar-refractivity contribution < 1.29 is 46.8 Å². The molecule has 52 heavy (non-hydrogen) atoms. The van der Waals surface area contributed by atoms with Gasteiger partial charge in [0.15, 0.2) is 0 Å². The molecule has 10 nitrogen and oxygen atoms in total. The van der Waals surface area contributed by atoms with Crippen LogP contribution in [0.1, 0.15) is 11.1 Å². The molecule has 1 saturated heterocycles. The third-order valence-corrected chi connectivity index (χ3v) is 13.8. The minimum Gasteiger partial charge on any atom is -0.549 e. The Morgan fingerprint density at radius 3 is 1.04 bits per heavy atom. The molecule has 0 N–H and O–H groups in total. The Bertz CT molecular complexity index is 1570. The second-order valence-electron chi connectivity index (χ2n) is 13.0. The smallest absolute Gasteiger partial charge is 0.549 e. The standard InChI is InChI=1S/C40H47N4O6P.Cu/c45-38(46)29-42-22-20-41(21-23-43(30-39(47)48)25-27-44(26-24-42)31-40(49)50)28-33-16-18-34(19-17-33)32-51(35-10-4-1-5-11-35,36-12-6-2-7-13-36)37-14-8-3-9-15-37;/h1-19H,20-32H2,(H2-,45,46,47,48,49,50);/q;+2/p-2/i;1+0. The zero-order valence-corrected chi connectivity index (χ0v) is 31.0. The number of carboxylic acid groups (broad SMARTS) is 3.